The minimum atomic E-state index is -4.50. The van der Waals surface area contributed by atoms with E-state index in [1.807, 2.05) is 0 Å². The van der Waals surface area contributed by atoms with Gasteiger partial charge in [0.2, 0.25) is 5.16 Å². The van der Waals surface area contributed by atoms with Crippen molar-refractivity contribution in [1.29, 1.82) is 0 Å². The summed E-state index contributed by atoms with van der Waals surface area (Å²) in [6.45, 7) is 0. The second-order valence-electron chi connectivity index (χ2n) is 2.43. The largest absolute Gasteiger partial charge is 0.436 e. The molecule has 1 aromatic heterocycles. The van der Waals surface area contributed by atoms with Crippen LogP contribution in [-0.4, -0.2) is 20.9 Å². The minimum Gasteiger partial charge on any atom is -0.227 e. The first kappa shape index (κ1) is 11.8. The molecule has 0 bridgehead atoms. The smallest absolute Gasteiger partial charge is 0.227 e. The molecule has 0 aliphatic heterocycles. The van der Waals surface area contributed by atoms with E-state index in [9.17, 15) is 13.2 Å². The van der Waals surface area contributed by atoms with Gasteiger partial charge in [-0.25, -0.2) is 4.98 Å². The first-order chi connectivity index (χ1) is 7.04. The summed E-state index contributed by atoms with van der Waals surface area (Å²) in [7, 11) is 0. The number of hydrogen-bond donors (Lipinski definition) is 0. The van der Waals surface area contributed by atoms with Gasteiger partial charge in [0.05, 0.1) is 6.20 Å². The van der Waals surface area contributed by atoms with Gasteiger partial charge in [0.1, 0.15) is 0 Å². The molecule has 0 unspecified atom stereocenters. The molecule has 0 radical (unpaired) electrons. The monoisotopic (exact) mass is 233 g/mol. The molecule has 0 aliphatic rings. The van der Waals surface area contributed by atoms with Crippen LogP contribution in [0.5, 0.6) is 0 Å². The number of halogens is 3. The molecule has 1 aromatic rings. The summed E-state index contributed by atoms with van der Waals surface area (Å²) in [5, 5.41) is 6.54. The molecular weight excluding hydrogens is 227 g/mol. The van der Waals surface area contributed by atoms with Crippen LogP contribution < -0.4 is 0 Å². The first-order valence-electron chi connectivity index (χ1n) is 3.87. The van der Waals surface area contributed by atoms with Gasteiger partial charge in [-0.15, -0.1) is 22.5 Å². The van der Waals surface area contributed by atoms with Gasteiger partial charge >= 0.3 is 6.18 Å². The zero-order valence-electron chi connectivity index (χ0n) is 7.45. The number of aromatic nitrogens is 3. The fourth-order valence-electron chi connectivity index (χ4n) is 0.662. The fourth-order valence-corrected chi connectivity index (χ4v) is 1.29. The van der Waals surface area contributed by atoms with Crippen LogP contribution in [0.4, 0.5) is 13.2 Å². The summed E-state index contributed by atoms with van der Waals surface area (Å²) < 4.78 is 36.2. The zero-order chi connectivity index (χ0) is 11.3. The maximum atomic E-state index is 12.1. The Labute approximate surface area is 88.5 Å². The van der Waals surface area contributed by atoms with E-state index in [1.165, 1.54) is 11.8 Å². The molecule has 0 N–H and O–H groups in total. The Bertz CT molecular complexity index is 355. The minimum absolute atomic E-state index is 0.193. The Kier molecular flexibility index (Phi) is 3.91. The van der Waals surface area contributed by atoms with Crippen LogP contribution in [-0.2, 0) is 6.18 Å². The van der Waals surface area contributed by atoms with Crippen molar-refractivity contribution < 1.29 is 13.2 Å². The van der Waals surface area contributed by atoms with E-state index < -0.39 is 11.9 Å². The molecule has 0 aliphatic carbocycles. The van der Waals surface area contributed by atoms with Crippen molar-refractivity contribution in [3.63, 3.8) is 0 Å². The Hall–Kier alpha value is -1.29. The van der Waals surface area contributed by atoms with Gasteiger partial charge in [0.15, 0.2) is 5.69 Å². The number of nitrogens with zero attached hydrogens (tertiary/aromatic N) is 3. The summed E-state index contributed by atoms with van der Waals surface area (Å²) in [4.78, 5) is 3.52. The number of terminal acetylenes is 1. The average Bonchev–Trinajstić information content (AvgIpc) is 2.18. The van der Waals surface area contributed by atoms with Crippen molar-refractivity contribution in [2.45, 2.75) is 17.8 Å². The Morgan fingerprint density at radius 1 is 1.40 bits per heavy atom. The van der Waals surface area contributed by atoms with Crippen LogP contribution in [0.1, 0.15) is 12.1 Å². The fraction of sp³-hybridized carbons (Fsp3) is 0.375. The molecule has 1 heterocycles. The summed E-state index contributed by atoms with van der Waals surface area (Å²) in [6, 6.07) is 0. The summed E-state index contributed by atoms with van der Waals surface area (Å²) in [6.07, 6.45) is 1.67. The van der Waals surface area contributed by atoms with Crippen molar-refractivity contribution >= 4 is 11.8 Å². The summed E-state index contributed by atoms with van der Waals surface area (Å²) in [5.41, 5.74) is -1.09. The second-order valence-corrected chi connectivity index (χ2v) is 3.49. The van der Waals surface area contributed by atoms with Crippen molar-refractivity contribution in [1.82, 2.24) is 15.2 Å². The maximum Gasteiger partial charge on any atom is 0.436 e. The number of thioether (sulfide) groups is 1. The molecule has 1 rings (SSSR count). The Balaban J connectivity index is 2.61. The van der Waals surface area contributed by atoms with Crippen molar-refractivity contribution in [2.24, 2.45) is 0 Å². The van der Waals surface area contributed by atoms with Crippen LogP contribution in [0.3, 0.4) is 0 Å². The van der Waals surface area contributed by atoms with E-state index in [0.717, 1.165) is 0 Å². The molecule has 15 heavy (non-hydrogen) atoms. The highest BCUT2D eigenvalue weighted by Gasteiger charge is 2.33. The van der Waals surface area contributed by atoms with Crippen molar-refractivity contribution in [3.8, 4) is 12.3 Å². The highest BCUT2D eigenvalue weighted by Crippen LogP contribution is 2.26. The van der Waals surface area contributed by atoms with E-state index in [1.54, 1.807) is 0 Å². The Morgan fingerprint density at radius 3 is 2.60 bits per heavy atom. The normalized spacial score (nSPS) is 11.1. The highest BCUT2D eigenvalue weighted by molar-refractivity contribution is 7.99. The van der Waals surface area contributed by atoms with Crippen LogP contribution in [0.15, 0.2) is 11.4 Å². The van der Waals surface area contributed by atoms with Crippen molar-refractivity contribution in [2.75, 3.05) is 5.75 Å². The van der Waals surface area contributed by atoms with Crippen LogP contribution in [0, 0.1) is 12.3 Å². The van der Waals surface area contributed by atoms with E-state index in [0.29, 0.717) is 18.4 Å². The molecule has 0 spiro atoms. The lowest BCUT2D eigenvalue weighted by molar-refractivity contribution is -0.142. The lowest BCUT2D eigenvalue weighted by atomic mass is 10.5. The van der Waals surface area contributed by atoms with Gasteiger partial charge in [-0.3, -0.25) is 0 Å². The lowest BCUT2D eigenvalue weighted by Gasteiger charge is -2.03. The van der Waals surface area contributed by atoms with Crippen LogP contribution in [0.2, 0.25) is 0 Å². The van der Waals surface area contributed by atoms with Gasteiger partial charge in [-0.1, -0.05) is 11.8 Å². The maximum absolute atomic E-state index is 12.1. The van der Waals surface area contributed by atoms with E-state index >= 15 is 0 Å². The van der Waals surface area contributed by atoms with Gasteiger partial charge < -0.3 is 0 Å². The van der Waals surface area contributed by atoms with E-state index in [2.05, 4.69) is 21.1 Å². The highest BCUT2D eigenvalue weighted by atomic mass is 32.2. The molecule has 0 fully saturated rings. The number of alkyl halides is 3. The van der Waals surface area contributed by atoms with Gasteiger partial charge in [-0.2, -0.15) is 13.2 Å². The molecule has 0 saturated heterocycles. The number of rotatable bonds is 3. The Morgan fingerprint density at radius 2 is 2.13 bits per heavy atom. The molecule has 0 atom stereocenters. The molecule has 0 amide bonds. The predicted octanol–water partition coefficient (Wildman–Crippen LogP) is 2.01. The molecule has 3 nitrogen and oxygen atoms in total. The van der Waals surface area contributed by atoms with E-state index in [4.69, 9.17) is 6.42 Å². The van der Waals surface area contributed by atoms with Gasteiger partial charge in [-0.05, 0) is 0 Å². The van der Waals surface area contributed by atoms with Gasteiger partial charge in [0, 0.05) is 12.2 Å². The molecule has 0 saturated carbocycles. The lowest BCUT2D eigenvalue weighted by Crippen LogP contribution is -2.10. The standard InChI is InChI=1S/C8H6F3N3S/c1-2-3-4-15-7-12-5-6(13-14-7)8(9,10)11/h1,5H,3-4H2. The average molecular weight is 233 g/mol. The second kappa shape index (κ2) is 4.98. The third kappa shape index (κ3) is 3.75. The third-order valence-corrected chi connectivity index (χ3v) is 2.16. The van der Waals surface area contributed by atoms with Crippen LogP contribution in [0.25, 0.3) is 0 Å². The molecule has 0 aromatic carbocycles. The summed E-state index contributed by atoms with van der Waals surface area (Å²) in [5.74, 6) is 2.96. The topological polar surface area (TPSA) is 38.7 Å². The summed E-state index contributed by atoms with van der Waals surface area (Å²) >= 11 is 1.17. The van der Waals surface area contributed by atoms with E-state index in [-0.39, 0.29) is 5.16 Å². The molecule has 7 heteroatoms. The molecular formula is C8H6F3N3S. The quantitative estimate of drug-likeness (QED) is 0.454. The van der Waals surface area contributed by atoms with Crippen LogP contribution >= 0.6 is 11.8 Å². The zero-order valence-corrected chi connectivity index (χ0v) is 8.27. The first-order valence-corrected chi connectivity index (χ1v) is 4.86. The number of hydrogen-bond acceptors (Lipinski definition) is 4. The SMILES string of the molecule is C#CCCSc1ncc(C(F)(F)F)nn1. The molecule has 80 valence electrons. The van der Waals surface area contributed by atoms with Crippen molar-refractivity contribution in [3.05, 3.63) is 11.9 Å². The third-order valence-electron chi connectivity index (χ3n) is 1.31. The predicted molar refractivity (Wildman–Crippen MR) is 49.0 cm³/mol. The van der Waals surface area contributed by atoms with Gasteiger partial charge in [0.25, 0.3) is 0 Å².